The molecule has 0 saturated carbocycles. The van der Waals surface area contributed by atoms with Crippen LogP contribution in [0.1, 0.15) is 54.3 Å². The summed E-state index contributed by atoms with van der Waals surface area (Å²) in [7, 11) is 0. The van der Waals surface area contributed by atoms with Crippen LogP contribution in [0.25, 0.3) is 0 Å². The Hall–Kier alpha value is -4.01. The summed E-state index contributed by atoms with van der Waals surface area (Å²) in [6, 6.07) is 7.17. The molecule has 1 aromatic carbocycles. The first-order valence-electron chi connectivity index (χ1n) is 13.2. The van der Waals surface area contributed by atoms with Gasteiger partial charge in [0.05, 0.1) is 29.1 Å². The maximum Gasteiger partial charge on any atom is 0.359 e. The van der Waals surface area contributed by atoms with E-state index in [1.54, 1.807) is 24.3 Å². The second-order valence-electron chi connectivity index (χ2n) is 9.92. The topological polar surface area (TPSA) is 167 Å². The van der Waals surface area contributed by atoms with Crippen LogP contribution in [0.4, 0.5) is 5.69 Å². The highest BCUT2D eigenvalue weighted by Gasteiger charge is 2.56. The molecule has 5 heterocycles. The van der Waals surface area contributed by atoms with Crippen molar-refractivity contribution in [3.05, 3.63) is 78.7 Å². The number of ether oxygens (including phenoxy) is 4. The zero-order chi connectivity index (χ0) is 28.7. The Morgan fingerprint density at radius 3 is 2.80 bits per heavy atom. The number of hydrogen-bond donors (Lipinski definition) is 1. The van der Waals surface area contributed by atoms with Crippen molar-refractivity contribution < 1.29 is 38.3 Å². The maximum atomic E-state index is 13.5. The van der Waals surface area contributed by atoms with Gasteiger partial charge in [-0.05, 0) is 31.7 Å². The number of β-lactam (4-membered cyclic amide) rings is 1. The summed E-state index contributed by atoms with van der Waals surface area (Å²) in [6.07, 6.45) is 2.87. The minimum Gasteiger partial charge on any atom is -0.417 e. The van der Waals surface area contributed by atoms with Crippen LogP contribution in [0.3, 0.4) is 0 Å². The Morgan fingerprint density at radius 2 is 2.02 bits per heavy atom. The van der Waals surface area contributed by atoms with Crippen LogP contribution in [-0.2, 0) is 28.5 Å². The number of nitrogens with zero attached hydrogens (tertiary/aromatic N) is 2. The van der Waals surface area contributed by atoms with E-state index in [1.807, 2.05) is 0 Å². The zero-order valence-electron chi connectivity index (χ0n) is 21.6. The molecule has 13 nitrogen and oxygen atoms in total. The highest BCUT2D eigenvalue weighted by atomic mass is 32.2. The molecule has 6 rings (SSSR count). The third-order valence-corrected chi connectivity index (χ3v) is 8.70. The van der Waals surface area contributed by atoms with E-state index in [1.165, 1.54) is 4.90 Å². The molecule has 0 aliphatic carbocycles. The lowest BCUT2D eigenvalue weighted by atomic mass is 9.85. The van der Waals surface area contributed by atoms with E-state index in [0.29, 0.717) is 18.6 Å². The van der Waals surface area contributed by atoms with Crippen molar-refractivity contribution in [3.8, 4) is 0 Å². The van der Waals surface area contributed by atoms with E-state index >= 15 is 0 Å². The molecule has 0 bridgehead atoms. The third kappa shape index (κ3) is 5.02. The number of aromatic amines is 1. The Labute approximate surface area is 236 Å². The second kappa shape index (κ2) is 11.1. The molecule has 2 fully saturated rings. The number of thioether (sulfide) groups is 1. The number of hydrogen-bond acceptors (Lipinski definition) is 11. The van der Waals surface area contributed by atoms with Gasteiger partial charge in [-0.2, -0.15) is 0 Å². The number of nitrogens with one attached hydrogen (secondary N) is 1. The number of nitro groups is 1. The molecule has 4 aliphatic rings. The van der Waals surface area contributed by atoms with Gasteiger partial charge >= 0.3 is 11.9 Å². The normalized spacial score (nSPS) is 24.9. The van der Waals surface area contributed by atoms with Crippen LogP contribution < -0.4 is 5.56 Å². The molecule has 1 aromatic heterocycles. The number of pyridine rings is 1. The van der Waals surface area contributed by atoms with E-state index in [4.69, 9.17) is 18.9 Å². The molecule has 1 N–H and O–H groups in total. The molecule has 41 heavy (non-hydrogen) atoms. The van der Waals surface area contributed by atoms with Crippen molar-refractivity contribution in [2.45, 2.75) is 55.6 Å². The van der Waals surface area contributed by atoms with Crippen molar-refractivity contribution in [1.82, 2.24) is 9.88 Å². The fraction of sp³-hybridized carbons (Fsp3) is 0.407. The Kier molecular flexibility index (Phi) is 7.36. The minimum absolute atomic E-state index is 0.129. The van der Waals surface area contributed by atoms with Crippen molar-refractivity contribution in [2.75, 3.05) is 13.2 Å². The van der Waals surface area contributed by atoms with Crippen molar-refractivity contribution in [3.63, 3.8) is 0 Å². The lowest BCUT2D eigenvalue weighted by Crippen LogP contribution is -2.58. The van der Waals surface area contributed by atoms with Gasteiger partial charge in [-0.1, -0.05) is 30.0 Å². The first-order valence-corrected chi connectivity index (χ1v) is 14.0. The lowest BCUT2D eigenvalue weighted by molar-refractivity contribution is -0.387. The molecule has 14 heteroatoms. The zero-order valence-corrected chi connectivity index (χ0v) is 22.4. The molecule has 2 saturated heterocycles. The number of cyclic esters (lactones) is 1. The quantitative estimate of drug-likeness (QED) is 0.199. The Balaban J connectivity index is 1.25. The van der Waals surface area contributed by atoms with Crippen molar-refractivity contribution in [1.29, 1.82) is 0 Å². The van der Waals surface area contributed by atoms with Gasteiger partial charge in [0, 0.05) is 35.8 Å². The number of rotatable bonds is 9. The Bertz CT molecular complexity index is 1510. The van der Waals surface area contributed by atoms with Crippen LogP contribution in [0.15, 0.2) is 56.8 Å². The predicted molar refractivity (Wildman–Crippen MR) is 140 cm³/mol. The van der Waals surface area contributed by atoms with E-state index in [9.17, 15) is 29.3 Å². The van der Waals surface area contributed by atoms with Gasteiger partial charge in [-0.3, -0.25) is 19.7 Å². The van der Waals surface area contributed by atoms with Gasteiger partial charge in [0.1, 0.15) is 5.70 Å². The number of amides is 1. The number of carbonyl (C=O) groups is 3. The van der Waals surface area contributed by atoms with E-state index in [2.05, 4.69) is 4.98 Å². The molecule has 4 aliphatic heterocycles. The fourth-order valence-electron chi connectivity index (χ4n) is 5.49. The van der Waals surface area contributed by atoms with Gasteiger partial charge in [0.25, 0.3) is 17.5 Å². The van der Waals surface area contributed by atoms with Crippen molar-refractivity contribution >= 4 is 35.3 Å². The lowest BCUT2D eigenvalue weighted by Gasteiger charge is -2.43. The summed E-state index contributed by atoms with van der Waals surface area (Å²) in [4.78, 5) is 66.4. The summed E-state index contributed by atoms with van der Waals surface area (Å²) in [6.45, 7) is 0.914. The monoisotopic (exact) mass is 583 g/mol. The standard InChI is InChI=1S/C27H25N3O10S/c31-23-22(17(30(35)36)8-10-28-23)41-19-13-18-16(9-12-38-20-7-3-4-11-37-20)24(32)29(18)21(19)26(34)40-27-15-6-2-1-5-14(15)25(33)39-27/h1-2,5-6,8,10,16,18,20,27H,3-4,7,9,11-13H2,(H,28,31). The fourth-order valence-corrected chi connectivity index (χ4v) is 6.67. The SMILES string of the molecule is O=C(OC1OC(=O)c2ccccc21)C1=C(Sc2c([N+](=O)[O-])cc[nH]c2=O)CC2C(CCOC3CCCCO3)C(=O)N12. The van der Waals surface area contributed by atoms with E-state index in [0.717, 1.165) is 43.3 Å². The van der Waals surface area contributed by atoms with Crippen LogP contribution in [0.5, 0.6) is 0 Å². The molecule has 214 valence electrons. The van der Waals surface area contributed by atoms with Crippen LogP contribution in [0.2, 0.25) is 0 Å². The number of H-pyrrole nitrogens is 1. The van der Waals surface area contributed by atoms with Gasteiger partial charge in [0.15, 0.2) is 11.2 Å². The van der Waals surface area contributed by atoms with Crippen LogP contribution in [-0.4, -0.2) is 58.2 Å². The number of esters is 2. The molecule has 4 unspecified atom stereocenters. The summed E-state index contributed by atoms with van der Waals surface area (Å²) in [5.41, 5.74) is -0.653. The second-order valence-corrected chi connectivity index (χ2v) is 11.0. The number of carbonyl (C=O) groups excluding carboxylic acids is 3. The summed E-state index contributed by atoms with van der Waals surface area (Å²) < 4.78 is 22.2. The smallest absolute Gasteiger partial charge is 0.359 e. The number of benzene rings is 1. The molecule has 0 spiro atoms. The first-order chi connectivity index (χ1) is 19.8. The van der Waals surface area contributed by atoms with E-state index < -0.39 is 46.4 Å². The first kappa shape index (κ1) is 27.2. The molecular weight excluding hydrogens is 558 g/mol. The van der Waals surface area contributed by atoms with Gasteiger partial charge < -0.3 is 28.8 Å². The third-order valence-electron chi connectivity index (χ3n) is 7.49. The number of aromatic nitrogens is 1. The molecule has 1 amide bonds. The average molecular weight is 584 g/mol. The van der Waals surface area contributed by atoms with Gasteiger partial charge in [-0.15, -0.1) is 0 Å². The van der Waals surface area contributed by atoms with Crippen LogP contribution in [0, 0.1) is 16.0 Å². The maximum absolute atomic E-state index is 13.5. The Morgan fingerprint density at radius 1 is 1.20 bits per heavy atom. The number of fused-ring (bicyclic) bond motifs is 2. The predicted octanol–water partition coefficient (Wildman–Crippen LogP) is 3.16. The molecule has 4 atom stereocenters. The molecule has 0 radical (unpaired) electrons. The summed E-state index contributed by atoms with van der Waals surface area (Å²) in [5.74, 6) is -2.39. The van der Waals surface area contributed by atoms with Gasteiger partial charge in [0.2, 0.25) is 5.91 Å². The minimum atomic E-state index is -1.32. The summed E-state index contributed by atoms with van der Waals surface area (Å²) >= 11 is 0.752. The van der Waals surface area contributed by atoms with Gasteiger partial charge in [-0.25, -0.2) is 9.59 Å². The summed E-state index contributed by atoms with van der Waals surface area (Å²) in [5, 5.41) is 11.6. The highest BCUT2D eigenvalue weighted by Crippen LogP contribution is 2.50. The van der Waals surface area contributed by atoms with Crippen molar-refractivity contribution in [2.24, 2.45) is 5.92 Å². The average Bonchev–Trinajstić information content (AvgIpc) is 3.47. The molecular formula is C27H25N3O10S. The van der Waals surface area contributed by atoms with E-state index in [-0.39, 0.29) is 46.3 Å². The molecule has 2 aromatic rings. The highest BCUT2D eigenvalue weighted by molar-refractivity contribution is 8.03. The largest absolute Gasteiger partial charge is 0.417 e. The van der Waals surface area contributed by atoms with Crippen LogP contribution >= 0.6 is 11.8 Å².